The zero-order valence-corrected chi connectivity index (χ0v) is 21.0. The van der Waals surface area contributed by atoms with Crippen LogP contribution in [0.4, 0.5) is 0 Å². The lowest BCUT2D eigenvalue weighted by Crippen LogP contribution is -2.51. The lowest BCUT2D eigenvalue weighted by Gasteiger charge is -2.58. The molecule has 3 saturated carbocycles. The molecule has 4 rings (SSSR count). The topological polar surface area (TPSA) is 108 Å². The average molecular weight is 475 g/mol. The van der Waals surface area contributed by atoms with Crippen molar-refractivity contribution in [3.05, 3.63) is 21.8 Å². The summed E-state index contributed by atoms with van der Waals surface area (Å²) in [5.41, 5.74) is 2.12. The minimum atomic E-state index is -0.476. The lowest BCUT2D eigenvalue weighted by molar-refractivity contribution is -0.489. The van der Waals surface area contributed by atoms with Crippen molar-refractivity contribution in [2.75, 3.05) is 6.54 Å². The van der Waals surface area contributed by atoms with Gasteiger partial charge in [-0.3, -0.25) is 14.9 Å². The number of esters is 1. The third-order valence-corrected chi connectivity index (χ3v) is 9.72. The molecular weight excluding hydrogens is 436 g/mol. The van der Waals surface area contributed by atoms with E-state index in [-0.39, 0.29) is 46.2 Å². The predicted octanol–water partition coefficient (Wildman–Crippen LogP) is 4.94. The number of allylic oxidation sites excluding steroid dienone is 1. The highest BCUT2D eigenvalue weighted by Crippen LogP contribution is 2.67. The molecule has 0 radical (unpaired) electrons. The number of carbonyl (C=O) groups excluding carboxylic acids is 2. The summed E-state index contributed by atoms with van der Waals surface area (Å²) in [5.74, 6) is 0.501. The molecule has 0 saturated heterocycles. The molecule has 0 aromatic carbocycles. The Balaban J connectivity index is 1.63. The number of hydrogen-bond donors (Lipinski definition) is 0. The second-order valence-corrected chi connectivity index (χ2v) is 11.6. The van der Waals surface area contributed by atoms with Gasteiger partial charge in [0.1, 0.15) is 6.10 Å². The summed E-state index contributed by atoms with van der Waals surface area (Å²) in [6, 6.07) is 0. The van der Waals surface area contributed by atoms with Crippen LogP contribution in [0.5, 0.6) is 0 Å². The number of carbonyl (C=O) groups is 2. The van der Waals surface area contributed by atoms with Crippen molar-refractivity contribution in [3.63, 3.8) is 0 Å². The molecule has 0 heterocycles. The van der Waals surface area contributed by atoms with Crippen LogP contribution in [-0.2, 0) is 19.2 Å². The monoisotopic (exact) mass is 474 g/mol. The fraction of sp³-hybridized carbons (Fsp3) is 0.808. The van der Waals surface area contributed by atoms with Crippen molar-refractivity contribution in [2.24, 2.45) is 45.6 Å². The van der Waals surface area contributed by atoms with Gasteiger partial charge in [0.2, 0.25) is 6.54 Å². The molecule has 188 valence electrons. The Morgan fingerprint density at radius 1 is 1.15 bits per heavy atom. The van der Waals surface area contributed by atoms with E-state index in [1.54, 1.807) is 0 Å². The van der Waals surface area contributed by atoms with E-state index < -0.39 is 5.97 Å². The van der Waals surface area contributed by atoms with Crippen LogP contribution in [0, 0.1) is 50.5 Å². The van der Waals surface area contributed by atoms with E-state index in [0.29, 0.717) is 23.5 Å². The van der Waals surface area contributed by atoms with Crippen LogP contribution in [0.1, 0.15) is 79.6 Å². The number of rotatable bonds is 5. The van der Waals surface area contributed by atoms with Gasteiger partial charge >= 0.3 is 11.9 Å². The molecule has 0 aromatic heterocycles. The fourth-order valence-electron chi connectivity index (χ4n) is 8.52. The van der Waals surface area contributed by atoms with Gasteiger partial charge in [0.25, 0.3) is 0 Å². The normalized spacial score (nSPS) is 41.4. The first kappa shape index (κ1) is 24.9. The van der Waals surface area contributed by atoms with Crippen molar-refractivity contribution in [2.45, 2.75) is 85.7 Å². The molecule has 4 aliphatic carbocycles. The van der Waals surface area contributed by atoms with E-state index in [9.17, 15) is 19.7 Å². The van der Waals surface area contributed by atoms with E-state index in [0.717, 1.165) is 44.9 Å². The van der Waals surface area contributed by atoms with Crippen molar-refractivity contribution in [3.8, 4) is 0 Å². The molecule has 3 fully saturated rings. The summed E-state index contributed by atoms with van der Waals surface area (Å²) in [6.07, 6.45) is 8.93. The smallest absolute Gasteiger partial charge is 0.331 e. The highest BCUT2D eigenvalue weighted by molar-refractivity contribution is 5.86. The van der Waals surface area contributed by atoms with E-state index in [2.05, 4.69) is 25.1 Å². The maximum atomic E-state index is 11.6. The summed E-state index contributed by atoms with van der Waals surface area (Å²) in [6.45, 7) is 9.24. The SMILES string of the molecule is CC(=O)ON=C(C)[C@@H]1[C@H](C[N+](=O)[O-])C[C@@H]2[C@H]3CC=C4C[C@@H](OC(C)=O)CC[C@]4(C)[C@@H]3CC[C@@]21C. The summed E-state index contributed by atoms with van der Waals surface area (Å²) in [7, 11) is 0. The largest absolute Gasteiger partial charge is 0.462 e. The van der Waals surface area contributed by atoms with Crippen LogP contribution in [0.2, 0.25) is 0 Å². The van der Waals surface area contributed by atoms with Gasteiger partial charge < -0.3 is 9.57 Å². The maximum Gasteiger partial charge on any atom is 0.331 e. The van der Waals surface area contributed by atoms with E-state index in [1.165, 1.54) is 19.4 Å². The molecule has 0 spiro atoms. The second-order valence-electron chi connectivity index (χ2n) is 11.6. The van der Waals surface area contributed by atoms with E-state index in [4.69, 9.17) is 9.57 Å². The van der Waals surface area contributed by atoms with Crippen LogP contribution in [0.3, 0.4) is 0 Å². The van der Waals surface area contributed by atoms with Crippen LogP contribution in [0.25, 0.3) is 0 Å². The van der Waals surface area contributed by atoms with Gasteiger partial charge in [0.05, 0.1) is 5.71 Å². The summed E-state index contributed by atoms with van der Waals surface area (Å²) in [4.78, 5) is 39.2. The van der Waals surface area contributed by atoms with Gasteiger partial charge in [-0.05, 0) is 74.0 Å². The van der Waals surface area contributed by atoms with Gasteiger partial charge in [0, 0.05) is 37.0 Å². The van der Waals surface area contributed by atoms with Crippen LogP contribution in [-0.4, -0.2) is 35.2 Å². The Morgan fingerprint density at radius 2 is 1.88 bits per heavy atom. The zero-order chi connectivity index (χ0) is 24.8. The number of nitrogens with zero attached hydrogens (tertiary/aromatic N) is 2. The maximum absolute atomic E-state index is 11.6. The molecule has 0 amide bonds. The van der Waals surface area contributed by atoms with Crippen LogP contribution < -0.4 is 0 Å². The van der Waals surface area contributed by atoms with Gasteiger partial charge in [-0.15, -0.1) is 0 Å². The molecule has 8 atom stereocenters. The quantitative estimate of drug-likeness (QED) is 0.139. The third-order valence-electron chi connectivity index (χ3n) is 9.72. The van der Waals surface area contributed by atoms with Crippen LogP contribution in [0.15, 0.2) is 16.8 Å². The molecule has 0 bridgehead atoms. The molecule has 4 aliphatic rings. The van der Waals surface area contributed by atoms with Gasteiger partial charge in [-0.1, -0.05) is 30.7 Å². The molecule has 34 heavy (non-hydrogen) atoms. The first-order chi connectivity index (χ1) is 16.0. The average Bonchev–Trinajstić information content (AvgIpc) is 3.03. The van der Waals surface area contributed by atoms with Crippen molar-refractivity contribution in [1.29, 1.82) is 0 Å². The number of ether oxygens (including phenoxy) is 1. The number of fused-ring (bicyclic) bond motifs is 5. The van der Waals surface area contributed by atoms with E-state index >= 15 is 0 Å². The Labute approximate surface area is 201 Å². The first-order valence-electron chi connectivity index (χ1n) is 12.7. The second kappa shape index (κ2) is 9.08. The zero-order valence-electron chi connectivity index (χ0n) is 21.0. The van der Waals surface area contributed by atoms with Crippen molar-refractivity contribution < 1.29 is 24.1 Å². The highest BCUT2D eigenvalue weighted by atomic mass is 16.7. The van der Waals surface area contributed by atoms with Crippen molar-refractivity contribution in [1.82, 2.24) is 0 Å². The Bertz CT molecular complexity index is 928. The molecule has 0 unspecified atom stereocenters. The van der Waals surface area contributed by atoms with Gasteiger partial charge in [-0.2, -0.15) is 0 Å². The summed E-state index contributed by atoms with van der Waals surface area (Å²) in [5, 5.41) is 15.7. The fourth-order valence-corrected chi connectivity index (χ4v) is 8.52. The van der Waals surface area contributed by atoms with Crippen LogP contribution >= 0.6 is 0 Å². The lowest BCUT2D eigenvalue weighted by atomic mass is 9.47. The number of oxime groups is 1. The molecule has 0 aliphatic heterocycles. The molecule has 8 nitrogen and oxygen atoms in total. The van der Waals surface area contributed by atoms with Crippen molar-refractivity contribution >= 4 is 17.7 Å². The Kier molecular flexibility index (Phi) is 6.64. The first-order valence-corrected chi connectivity index (χ1v) is 12.7. The summed E-state index contributed by atoms with van der Waals surface area (Å²) < 4.78 is 5.55. The number of nitro groups is 1. The van der Waals surface area contributed by atoms with Gasteiger partial charge in [-0.25, -0.2) is 4.79 Å². The standard InChI is InChI=1S/C26H38N2O6/c1-15(27-34-17(3)30)24-18(14-28(31)32)12-23-21-7-6-19-13-20(33-16(2)29)8-10-25(19,4)22(21)9-11-26(23,24)5/h6,18,20-24H,7-14H2,1-5H3/t18-,20-,21-,22+,23+,24+,25-,26-/m0/s1. The molecule has 0 N–H and O–H groups in total. The predicted molar refractivity (Wildman–Crippen MR) is 126 cm³/mol. The highest BCUT2D eigenvalue weighted by Gasteiger charge is 2.62. The Morgan fingerprint density at radius 3 is 2.53 bits per heavy atom. The third kappa shape index (κ3) is 4.29. The number of hydrogen-bond acceptors (Lipinski definition) is 7. The minimum Gasteiger partial charge on any atom is -0.462 e. The molecular formula is C26H38N2O6. The molecule has 0 aromatic rings. The van der Waals surface area contributed by atoms with Gasteiger partial charge in [0.15, 0.2) is 0 Å². The minimum absolute atomic E-state index is 0.0253. The summed E-state index contributed by atoms with van der Waals surface area (Å²) >= 11 is 0. The Hall–Kier alpha value is -2.25. The van der Waals surface area contributed by atoms with E-state index in [1.807, 2.05) is 6.92 Å². The molecule has 8 heteroatoms.